The predicted molar refractivity (Wildman–Crippen MR) is 122 cm³/mol. The predicted octanol–water partition coefficient (Wildman–Crippen LogP) is 2.01. The summed E-state index contributed by atoms with van der Waals surface area (Å²) < 4.78 is 35.5. The van der Waals surface area contributed by atoms with Gasteiger partial charge in [-0.1, -0.05) is 12.5 Å². The average molecular weight is 509 g/mol. The Labute approximate surface area is 210 Å². The Balaban J connectivity index is 1.62. The molecule has 3 saturated heterocycles. The van der Waals surface area contributed by atoms with Gasteiger partial charge in [-0.3, -0.25) is 14.4 Å². The van der Waals surface area contributed by atoms with E-state index in [0.717, 1.165) is 5.57 Å². The van der Waals surface area contributed by atoms with Gasteiger partial charge < -0.3 is 33.5 Å². The van der Waals surface area contributed by atoms with Gasteiger partial charge in [0.1, 0.15) is 24.4 Å². The first-order chi connectivity index (χ1) is 16.9. The van der Waals surface area contributed by atoms with Crippen molar-refractivity contribution in [1.29, 1.82) is 0 Å². The summed E-state index contributed by atoms with van der Waals surface area (Å²) >= 11 is 0. The lowest BCUT2D eigenvalue weighted by atomic mass is 9.44. The van der Waals surface area contributed by atoms with Crippen LogP contribution < -0.4 is 0 Å². The molecule has 1 unspecified atom stereocenters. The highest BCUT2D eigenvalue weighted by atomic mass is 16.7. The van der Waals surface area contributed by atoms with E-state index in [9.17, 15) is 19.5 Å². The second kappa shape index (κ2) is 8.79. The van der Waals surface area contributed by atoms with Crippen molar-refractivity contribution in [3.05, 3.63) is 11.6 Å². The molecule has 3 aliphatic heterocycles. The highest BCUT2D eigenvalue weighted by molar-refractivity contribution is 5.68. The van der Waals surface area contributed by atoms with Crippen LogP contribution in [0.4, 0.5) is 0 Å². The van der Waals surface area contributed by atoms with Gasteiger partial charge in [0.15, 0.2) is 12.6 Å². The molecule has 0 aromatic carbocycles. The van der Waals surface area contributed by atoms with Crippen LogP contribution >= 0.6 is 0 Å². The van der Waals surface area contributed by atoms with Crippen molar-refractivity contribution in [2.75, 3.05) is 13.2 Å². The Kier molecular flexibility index (Phi) is 6.26. The number of ether oxygens (including phenoxy) is 6. The van der Waals surface area contributed by atoms with Crippen LogP contribution in [-0.2, 0) is 42.8 Å². The van der Waals surface area contributed by atoms with Gasteiger partial charge in [0, 0.05) is 38.5 Å². The zero-order valence-corrected chi connectivity index (χ0v) is 21.5. The third-order valence-corrected chi connectivity index (χ3v) is 9.37. The van der Waals surface area contributed by atoms with E-state index in [0.29, 0.717) is 25.7 Å². The van der Waals surface area contributed by atoms with Crippen LogP contribution in [0.1, 0.15) is 60.3 Å². The van der Waals surface area contributed by atoms with Crippen molar-refractivity contribution in [2.45, 2.75) is 96.8 Å². The minimum Gasteiger partial charge on any atom is -0.465 e. The molecule has 0 aromatic heterocycles. The van der Waals surface area contributed by atoms with Crippen LogP contribution in [0.3, 0.4) is 0 Å². The van der Waals surface area contributed by atoms with E-state index in [-0.39, 0.29) is 31.2 Å². The van der Waals surface area contributed by atoms with Crippen molar-refractivity contribution in [1.82, 2.24) is 0 Å². The lowest BCUT2D eigenvalue weighted by molar-refractivity contribution is -0.239. The first-order valence-electron chi connectivity index (χ1n) is 12.7. The van der Waals surface area contributed by atoms with Crippen molar-refractivity contribution in [2.24, 2.45) is 22.7 Å². The fourth-order valence-electron chi connectivity index (χ4n) is 7.64. The highest BCUT2D eigenvalue weighted by Crippen LogP contribution is 2.69. The van der Waals surface area contributed by atoms with Crippen LogP contribution in [-0.4, -0.2) is 72.7 Å². The summed E-state index contributed by atoms with van der Waals surface area (Å²) in [5.41, 5.74) is -1.52. The zero-order valence-electron chi connectivity index (χ0n) is 21.5. The number of epoxide rings is 1. The maximum Gasteiger partial charge on any atom is 0.303 e. The van der Waals surface area contributed by atoms with Crippen LogP contribution in [0.25, 0.3) is 0 Å². The standard InChI is InChI=1S/C26H36O10/c1-13-8-21(34-16(4)29)25(11-31-14(2)27)18(6-7-19(33-15(3)28)26(25)12-32-26)24(13,5)20-9-17-10-22(30)36-23(17)35-20/h8,17-23,30H,6-7,9-12H2,1-5H3/t17-,18+,19-,20-,21-,22?,23+,24-,25-,26+/m0/s1. The van der Waals surface area contributed by atoms with Crippen LogP contribution in [0, 0.1) is 22.7 Å². The Morgan fingerprint density at radius 2 is 1.75 bits per heavy atom. The third kappa shape index (κ3) is 3.71. The molecule has 0 bridgehead atoms. The molecule has 2 aliphatic carbocycles. The van der Waals surface area contributed by atoms with E-state index in [1.165, 1.54) is 20.8 Å². The SMILES string of the molecule is CC(=O)OC[C@@]12[C@@H](OC(C)=O)C=C(C)[C@](C)([C@@H]3C[C@H]4CC(O)O[C@H]4O3)[C@H]1CC[C@H](OC(C)=O)[C@]21CO1. The van der Waals surface area contributed by atoms with Crippen molar-refractivity contribution in [3.63, 3.8) is 0 Å². The number of hydrogen-bond acceptors (Lipinski definition) is 10. The molecule has 0 amide bonds. The van der Waals surface area contributed by atoms with Gasteiger partial charge in [0.2, 0.25) is 0 Å². The molecule has 1 saturated carbocycles. The van der Waals surface area contributed by atoms with Gasteiger partial charge >= 0.3 is 17.9 Å². The van der Waals surface area contributed by atoms with Crippen LogP contribution in [0.15, 0.2) is 11.6 Å². The molecule has 10 nitrogen and oxygen atoms in total. The number of rotatable bonds is 5. The number of hydrogen-bond donors (Lipinski definition) is 1. The Morgan fingerprint density at radius 3 is 2.33 bits per heavy atom. The molecular formula is C26H36O10. The van der Waals surface area contributed by atoms with Gasteiger partial charge in [-0.2, -0.15) is 0 Å². The van der Waals surface area contributed by atoms with E-state index >= 15 is 0 Å². The van der Waals surface area contributed by atoms with Crippen molar-refractivity contribution >= 4 is 17.9 Å². The van der Waals surface area contributed by atoms with E-state index in [1.54, 1.807) is 0 Å². The second-order valence-electron chi connectivity index (χ2n) is 11.2. The molecule has 3 heterocycles. The molecule has 1 spiro atoms. The van der Waals surface area contributed by atoms with Gasteiger partial charge in [0.25, 0.3) is 0 Å². The minimum atomic E-state index is -1.00. The fourth-order valence-corrected chi connectivity index (χ4v) is 7.64. The smallest absolute Gasteiger partial charge is 0.303 e. The van der Waals surface area contributed by atoms with E-state index < -0.39 is 59.1 Å². The van der Waals surface area contributed by atoms with Gasteiger partial charge in [-0.05, 0) is 38.2 Å². The molecule has 1 N–H and O–H groups in total. The fraction of sp³-hybridized carbons (Fsp3) is 0.808. The molecule has 10 heteroatoms. The molecule has 0 aromatic rings. The summed E-state index contributed by atoms with van der Waals surface area (Å²) in [5, 5.41) is 9.93. The summed E-state index contributed by atoms with van der Waals surface area (Å²) in [6.45, 7) is 8.43. The summed E-state index contributed by atoms with van der Waals surface area (Å²) in [7, 11) is 0. The maximum atomic E-state index is 12.3. The molecule has 4 fully saturated rings. The number of fused-ring (bicyclic) bond motifs is 3. The van der Waals surface area contributed by atoms with Gasteiger partial charge in [-0.25, -0.2) is 0 Å². The molecule has 36 heavy (non-hydrogen) atoms. The lowest BCUT2D eigenvalue weighted by Crippen LogP contribution is -2.70. The van der Waals surface area contributed by atoms with Gasteiger partial charge in [-0.15, -0.1) is 0 Å². The monoisotopic (exact) mass is 508 g/mol. The summed E-state index contributed by atoms with van der Waals surface area (Å²) in [4.78, 5) is 36.4. The second-order valence-corrected chi connectivity index (χ2v) is 11.2. The maximum absolute atomic E-state index is 12.3. The quantitative estimate of drug-likeness (QED) is 0.255. The van der Waals surface area contributed by atoms with E-state index in [2.05, 4.69) is 6.92 Å². The van der Waals surface area contributed by atoms with Crippen molar-refractivity contribution in [3.8, 4) is 0 Å². The van der Waals surface area contributed by atoms with Crippen LogP contribution in [0.5, 0.6) is 0 Å². The molecular weight excluding hydrogens is 472 g/mol. The summed E-state index contributed by atoms with van der Waals surface area (Å²) in [6, 6.07) is 0. The summed E-state index contributed by atoms with van der Waals surface area (Å²) in [5.74, 6) is -1.47. The van der Waals surface area contributed by atoms with E-state index in [4.69, 9.17) is 28.4 Å². The van der Waals surface area contributed by atoms with Crippen molar-refractivity contribution < 1.29 is 47.9 Å². The molecule has 0 radical (unpaired) electrons. The van der Waals surface area contributed by atoms with Gasteiger partial charge in [0.05, 0.1) is 18.1 Å². The topological polar surface area (TPSA) is 130 Å². The third-order valence-electron chi connectivity index (χ3n) is 9.37. The number of esters is 3. The lowest BCUT2D eigenvalue weighted by Gasteiger charge is -2.62. The Bertz CT molecular complexity index is 958. The Morgan fingerprint density at radius 1 is 1.06 bits per heavy atom. The number of carbonyl (C=O) groups excluding carboxylic acids is 3. The number of aliphatic hydroxyl groups is 1. The number of aliphatic hydroxyl groups excluding tert-OH is 1. The molecule has 5 rings (SSSR count). The first-order valence-corrected chi connectivity index (χ1v) is 12.7. The zero-order chi connectivity index (χ0) is 26.0. The minimum absolute atomic E-state index is 0.0587. The van der Waals surface area contributed by atoms with Crippen LogP contribution in [0.2, 0.25) is 0 Å². The highest BCUT2D eigenvalue weighted by Gasteiger charge is 2.79. The largest absolute Gasteiger partial charge is 0.465 e. The summed E-state index contributed by atoms with van der Waals surface area (Å²) in [6.07, 6.45) is 1.43. The van der Waals surface area contributed by atoms with E-state index in [1.807, 2.05) is 13.0 Å². The molecule has 5 aliphatic rings. The molecule has 10 atom stereocenters. The number of carbonyl (C=O) groups is 3. The molecule has 200 valence electrons. The Hall–Kier alpha value is -2.01. The normalized spacial score (nSPS) is 46.9. The first kappa shape index (κ1) is 25.6. The average Bonchev–Trinajstić information content (AvgIpc) is 3.36.